The second-order valence-electron chi connectivity index (χ2n) is 8.34. The summed E-state index contributed by atoms with van der Waals surface area (Å²) in [5.41, 5.74) is 6.32. The van der Waals surface area contributed by atoms with Crippen LogP contribution in [0, 0.1) is 5.92 Å². The number of rotatable bonds is 5. The molecule has 5 heteroatoms. The van der Waals surface area contributed by atoms with Crippen molar-refractivity contribution in [2.75, 3.05) is 13.1 Å². The molecule has 1 heterocycles. The predicted molar refractivity (Wildman–Crippen MR) is 111 cm³/mol. The lowest BCUT2D eigenvalue weighted by Crippen LogP contribution is -2.43. The number of primary amides is 1. The zero-order valence-electron chi connectivity index (χ0n) is 16.3. The summed E-state index contributed by atoms with van der Waals surface area (Å²) in [6, 6.07) is 13.4. The highest BCUT2D eigenvalue weighted by Crippen LogP contribution is 2.28. The first-order chi connectivity index (χ1) is 13.6. The van der Waals surface area contributed by atoms with Gasteiger partial charge >= 0.3 is 0 Å². The normalized spacial score (nSPS) is 23.7. The molecule has 1 aliphatic carbocycles. The average Bonchev–Trinajstić information content (AvgIpc) is 3.10. The maximum absolute atomic E-state index is 12.8. The summed E-state index contributed by atoms with van der Waals surface area (Å²) in [7, 11) is 0. The molecule has 0 radical (unpaired) electrons. The summed E-state index contributed by atoms with van der Waals surface area (Å²) in [5, 5.41) is 5.29. The third-order valence-corrected chi connectivity index (χ3v) is 6.30. The molecule has 1 aliphatic heterocycles. The highest BCUT2D eigenvalue weighted by molar-refractivity contribution is 5.98. The Balaban J connectivity index is 1.41. The molecule has 1 saturated carbocycles. The first-order valence-corrected chi connectivity index (χ1v) is 10.4. The fourth-order valence-corrected chi connectivity index (χ4v) is 4.81. The van der Waals surface area contributed by atoms with Crippen LogP contribution in [0.25, 0.3) is 10.8 Å². The van der Waals surface area contributed by atoms with Crippen molar-refractivity contribution in [2.45, 2.75) is 50.6 Å². The van der Waals surface area contributed by atoms with E-state index in [0.717, 1.165) is 17.3 Å². The van der Waals surface area contributed by atoms with E-state index < -0.39 is 0 Å². The predicted octanol–water partition coefficient (Wildman–Crippen LogP) is 3.08. The molecule has 2 unspecified atom stereocenters. The minimum absolute atomic E-state index is 0.0416. The molecule has 2 fully saturated rings. The summed E-state index contributed by atoms with van der Waals surface area (Å²) in [5.74, 6) is 0.280. The van der Waals surface area contributed by atoms with Gasteiger partial charge in [0.05, 0.1) is 6.04 Å². The van der Waals surface area contributed by atoms with Crippen molar-refractivity contribution in [2.24, 2.45) is 11.7 Å². The van der Waals surface area contributed by atoms with Crippen molar-refractivity contribution in [3.8, 4) is 0 Å². The maximum Gasteiger partial charge on any atom is 0.251 e. The van der Waals surface area contributed by atoms with E-state index in [4.69, 9.17) is 5.73 Å². The number of benzene rings is 2. The van der Waals surface area contributed by atoms with Gasteiger partial charge in [-0.05, 0) is 48.1 Å². The van der Waals surface area contributed by atoms with Crippen LogP contribution in [0.3, 0.4) is 0 Å². The quantitative estimate of drug-likeness (QED) is 0.838. The van der Waals surface area contributed by atoms with Crippen molar-refractivity contribution in [1.82, 2.24) is 10.2 Å². The Bertz CT molecular complexity index is 860. The van der Waals surface area contributed by atoms with Crippen LogP contribution in [0.2, 0.25) is 0 Å². The molecule has 2 aromatic rings. The minimum atomic E-state index is -0.279. The van der Waals surface area contributed by atoms with Gasteiger partial charge in [-0.2, -0.15) is 0 Å². The molecule has 0 aromatic heterocycles. The number of likely N-dealkylation sites (tertiary alicyclic amines) is 1. The Morgan fingerprint density at radius 2 is 1.79 bits per heavy atom. The molecule has 0 spiro atoms. The molecular formula is C23H29N3O2. The van der Waals surface area contributed by atoms with Crippen LogP contribution in [0.1, 0.15) is 48.9 Å². The van der Waals surface area contributed by atoms with Crippen LogP contribution in [-0.2, 0) is 4.79 Å². The average molecular weight is 380 g/mol. The zero-order valence-corrected chi connectivity index (χ0v) is 16.3. The van der Waals surface area contributed by atoms with Crippen LogP contribution in [0.15, 0.2) is 42.5 Å². The van der Waals surface area contributed by atoms with E-state index in [2.05, 4.69) is 10.2 Å². The summed E-state index contributed by atoms with van der Waals surface area (Å²) < 4.78 is 0. The number of amides is 2. The summed E-state index contributed by atoms with van der Waals surface area (Å²) in [4.78, 5) is 26.9. The van der Waals surface area contributed by atoms with E-state index in [9.17, 15) is 9.59 Å². The van der Waals surface area contributed by atoms with Crippen molar-refractivity contribution >= 4 is 22.6 Å². The Morgan fingerprint density at radius 1 is 1.04 bits per heavy atom. The van der Waals surface area contributed by atoms with Crippen molar-refractivity contribution in [3.63, 3.8) is 0 Å². The van der Waals surface area contributed by atoms with Gasteiger partial charge in [-0.3, -0.25) is 14.5 Å². The number of hydrogen-bond donors (Lipinski definition) is 2. The maximum atomic E-state index is 12.8. The van der Waals surface area contributed by atoms with E-state index in [1.54, 1.807) is 0 Å². The van der Waals surface area contributed by atoms with Gasteiger partial charge in [0.2, 0.25) is 5.91 Å². The molecule has 5 nitrogen and oxygen atoms in total. The van der Waals surface area contributed by atoms with E-state index in [1.807, 2.05) is 42.5 Å². The van der Waals surface area contributed by atoms with Gasteiger partial charge in [0.1, 0.15) is 0 Å². The minimum Gasteiger partial charge on any atom is -0.368 e. The van der Waals surface area contributed by atoms with Crippen LogP contribution in [-0.4, -0.2) is 41.9 Å². The number of nitrogens with two attached hydrogens (primary N) is 1. The van der Waals surface area contributed by atoms with Crippen molar-refractivity contribution in [1.29, 1.82) is 0 Å². The highest BCUT2D eigenvalue weighted by atomic mass is 16.2. The van der Waals surface area contributed by atoms with E-state index in [0.29, 0.717) is 24.4 Å². The fraction of sp³-hybridized carbons (Fsp3) is 0.478. The van der Waals surface area contributed by atoms with Crippen LogP contribution in [0.5, 0.6) is 0 Å². The smallest absolute Gasteiger partial charge is 0.251 e. The molecule has 2 aromatic carbocycles. The first kappa shape index (κ1) is 18.9. The van der Waals surface area contributed by atoms with E-state index in [1.165, 1.54) is 32.1 Å². The van der Waals surface area contributed by atoms with Gasteiger partial charge < -0.3 is 11.1 Å². The molecule has 4 rings (SSSR count). The summed E-state index contributed by atoms with van der Waals surface area (Å²) >= 11 is 0. The van der Waals surface area contributed by atoms with Gasteiger partial charge in [0.15, 0.2) is 0 Å². The largest absolute Gasteiger partial charge is 0.368 e. The third kappa shape index (κ3) is 4.20. The van der Waals surface area contributed by atoms with Crippen molar-refractivity contribution in [3.05, 3.63) is 48.0 Å². The molecule has 2 atom stereocenters. The van der Waals surface area contributed by atoms with Gasteiger partial charge in [0, 0.05) is 24.7 Å². The van der Waals surface area contributed by atoms with Crippen LogP contribution in [0.4, 0.5) is 0 Å². The molecule has 28 heavy (non-hydrogen) atoms. The second kappa shape index (κ2) is 8.31. The fourth-order valence-electron chi connectivity index (χ4n) is 4.81. The van der Waals surface area contributed by atoms with Gasteiger partial charge in [-0.15, -0.1) is 0 Å². The first-order valence-electron chi connectivity index (χ1n) is 10.4. The molecule has 1 saturated heterocycles. The second-order valence-corrected chi connectivity index (χ2v) is 8.34. The van der Waals surface area contributed by atoms with E-state index in [-0.39, 0.29) is 23.9 Å². The Labute approximate surface area is 166 Å². The number of nitrogens with zero attached hydrogens (tertiary/aromatic N) is 1. The molecule has 148 valence electrons. The van der Waals surface area contributed by atoms with Gasteiger partial charge in [-0.25, -0.2) is 0 Å². The summed E-state index contributed by atoms with van der Waals surface area (Å²) in [6.07, 6.45) is 6.94. The lowest BCUT2D eigenvalue weighted by Gasteiger charge is -2.29. The lowest BCUT2D eigenvalue weighted by atomic mass is 9.89. The lowest BCUT2D eigenvalue weighted by molar-refractivity contribution is -0.122. The zero-order chi connectivity index (χ0) is 19.5. The van der Waals surface area contributed by atoms with Crippen LogP contribution < -0.4 is 11.1 Å². The monoisotopic (exact) mass is 379 g/mol. The number of carbonyl (C=O) groups is 2. The molecule has 2 amide bonds. The number of carbonyl (C=O) groups excluding carboxylic acids is 2. The van der Waals surface area contributed by atoms with E-state index >= 15 is 0 Å². The topological polar surface area (TPSA) is 75.4 Å². The van der Waals surface area contributed by atoms with Gasteiger partial charge in [0.25, 0.3) is 5.91 Å². The van der Waals surface area contributed by atoms with Crippen LogP contribution >= 0.6 is 0 Å². The number of nitrogens with one attached hydrogen (secondary N) is 1. The standard InChI is InChI=1S/C23H29N3O2/c24-22(27)21-13-20(15-26(21)14-16-6-2-1-3-7-16)25-23(28)19-11-10-17-8-4-5-9-18(17)12-19/h4-5,8-12,16,20-21H,1-3,6-7,13-15H2,(H2,24,27)(H,25,28). The number of fused-ring (bicyclic) bond motifs is 1. The van der Waals surface area contributed by atoms with Gasteiger partial charge in [-0.1, -0.05) is 49.6 Å². The summed E-state index contributed by atoms with van der Waals surface area (Å²) in [6.45, 7) is 1.61. The third-order valence-electron chi connectivity index (χ3n) is 6.30. The Kier molecular flexibility index (Phi) is 5.62. The highest BCUT2D eigenvalue weighted by Gasteiger charge is 2.37. The molecule has 3 N–H and O–H groups in total. The molecule has 2 aliphatic rings. The molecular weight excluding hydrogens is 350 g/mol. The SMILES string of the molecule is NC(=O)C1CC(NC(=O)c2ccc3ccccc3c2)CN1CC1CCCCC1. The molecule has 0 bridgehead atoms. The van der Waals surface area contributed by atoms with Crippen molar-refractivity contribution < 1.29 is 9.59 Å². The number of hydrogen-bond acceptors (Lipinski definition) is 3. The Morgan fingerprint density at radius 3 is 2.54 bits per heavy atom. The Hall–Kier alpha value is -2.40.